The number of carboxylic acid groups (broad SMARTS) is 1. The first kappa shape index (κ1) is 11.4. The number of rotatable bonds is 3. The summed E-state index contributed by atoms with van der Waals surface area (Å²) in [4.78, 5) is 10.9. The second-order valence-electron chi connectivity index (χ2n) is 3.58. The summed E-state index contributed by atoms with van der Waals surface area (Å²) >= 11 is 0. The average molecular weight is 210 g/mol. The molecule has 0 aliphatic carbocycles. The molecule has 1 aromatic rings. The van der Waals surface area contributed by atoms with Crippen LogP contribution in [0.15, 0.2) is 12.1 Å². The first-order chi connectivity index (χ1) is 6.97. The highest BCUT2D eigenvalue weighted by Crippen LogP contribution is 2.33. The van der Waals surface area contributed by atoms with E-state index in [1.54, 1.807) is 0 Å². The van der Waals surface area contributed by atoms with Gasteiger partial charge in [-0.3, -0.25) is 0 Å². The van der Waals surface area contributed by atoms with Crippen LogP contribution in [0.1, 0.15) is 35.7 Å². The third-order valence-corrected chi connectivity index (χ3v) is 2.19. The Balaban J connectivity index is 3.38. The van der Waals surface area contributed by atoms with Crippen LogP contribution in [0, 0.1) is 0 Å². The van der Waals surface area contributed by atoms with Crippen molar-refractivity contribution in [3.8, 4) is 11.5 Å². The van der Waals surface area contributed by atoms with E-state index in [1.165, 1.54) is 19.2 Å². The smallest absolute Gasteiger partial charge is 0.339 e. The van der Waals surface area contributed by atoms with Gasteiger partial charge in [-0.1, -0.05) is 13.8 Å². The number of aromatic carboxylic acids is 1. The van der Waals surface area contributed by atoms with Crippen molar-refractivity contribution in [1.82, 2.24) is 0 Å². The Labute approximate surface area is 88.1 Å². The molecule has 0 bridgehead atoms. The van der Waals surface area contributed by atoms with Crippen LogP contribution in [-0.4, -0.2) is 23.3 Å². The molecule has 0 fully saturated rings. The molecule has 0 unspecified atom stereocenters. The SMILES string of the molecule is COc1c(O)cc(C(C)C)cc1C(=O)O. The highest BCUT2D eigenvalue weighted by Gasteiger charge is 2.17. The molecule has 0 saturated heterocycles. The second-order valence-corrected chi connectivity index (χ2v) is 3.58. The van der Waals surface area contributed by atoms with Gasteiger partial charge in [-0.15, -0.1) is 0 Å². The fraction of sp³-hybridized carbons (Fsp3) is 0.364. The second kappa shape index (κ2) is 4.21. The number of phenolic OH excluding ortho intramolecular Hbond substituents is 1. The van der Waals surface area contributed by atoms with Crippen molar-refractivity contribution in [1.29, 1.82) is 0 Å². The molecule has 4 nitrogen and oxygen atoms in total. The van der Waals surface area contributed by atoms with Crippen LogP contribution in [0.2, 0.25) is 0 Å². The maximum atomic E-state index is 10.9. The lowest BCUT2D eigenvalue weighted by molar-refractivity contribution is 0.0692. The number of hydrogen-bond donors (Lipinski definition) is 2. The maximum Gasteiger partial charge on any atom is 0.339 e. The Morgan fingerprint density at radius 2 is 2.00 bits per heavy atom. The van der Waals surface area contributed by atoms with Crippen LogP contribution < -0.4 is 4.74 Å². The van der Waals surface area contributed by atoms with Gasteiger partial charge in [0.1, 0.15) is 5.56 Å². The number of carbonyl (C=O) groups is 1. The average Bonchev–Trinajstić information content (AvgIpc) is 2.16. The zero-order chi connectivity index (χ0) is 11.6. The molecule has 0 aliphatic rings. The van der Waals surface area contributed by atoms with Gasteiger partial charge in [0.25, 0.3) is 0 Å². The quantitative estimate of drug-likeness (QED) is 0.802. The van der Waals surface area contributed by atoms with Gasteiger partial charge < -0.3 is 14.9 Å². The van der Waals surface area contributed by atoms with Gasteiger partial charge in [0.05, 0.1) is 7.11 Å². The van der Waals surface area contributed by atoms with Crippen molar-refractivity contribution in [3.05, 3.63) is 23.3 Å². The van der Waals surface area contributed by atoms with Crippen molar-refractivity contribution < 1.29 is 19.7 Å². The van der Waals surface area contributed by atoms with Crippen molar-refractivity contribution >= 4 is 5.97 Å². The topological polar surface area (TPSA) is 66.8 Å². The molecule has 15 heavy (non-hydrogen) atoms. The minimum Gasteiger partial charge on any atom is -0.504 e. The van der Waals surface area contributed by atoms with Crippen LogP contribution in [0.25, 0.3) is 0 Å². The zero-order valence-electron chi connectivity index (χ0n) is 8.94. The third-order valence-electron chi connectivity index (χ3n) is 2.19. The van der Waals surface area contributed by atoms with Crippen molar-refractivity contribution in [2.24, 2.45) is 0 Å². The number of hydrogen-bond acceptors (Lipinski definition) is 3. The molecule has 4 heteroatoms. The number of phenols is 1. The van der Waals surface area contributed by atoms with Gasteiger partial charge in [-0.05, 0) is 23.6 Å². The van der Waals surface area contributed by atoms with E-state index in [9.17, 15) is 9.90 Å². The summed E-state index contributed by atoms with van der Waals surface area (Å²) in [6, 6.07) is 3.04. The van der Waals surface area contributed by atoms with Gasteiger partial charge in [0.2, 0.25) is 0 Å². The first-order valence-electron chi connectivity index (χ1n) is 4.61. The van der Waals surface area contributed by atoms with E-state index < -0.39 is 5.97 Å². The predicted octanol–water partition coefficient (Wildman–Crippen LogP) is 2.22. The van der Waals surface area contributed by atoms with Crippen LogP contribution >= 0.6 is 0 Å². The van der Waals surface area contributed by atoms with Gasteiger partial charge >= 0.3 is 5.97 Å². The van der Waals surface area contributed by atoms with E-state index in [4.69, 9.17) is 9.84 Å². The van der Waals surface area contributed by atoms with E-state index in [2.05, 4.69) is 0 Å². The Bertz CT molecular complexity index is 382. The van der Waals surface area contributed by atoms with Gasteiger partial charge in [0, 0.05) is 0 Å². The summed E-state index contributed by atoms with van der Waals surface area (Å²) in [6.07, 6.45) is 0. The Morgan fingerprint density at radius 1 is 1.40 bits per heavy atom. The number of aromatic hydroxyl groups is 1. The molecule has 1 rings (SSSR count). The number of carboxylic acids is 1. The lowest BCUT2D eigenvalue weighted by Crippen LogP contribution is -2.02. The minimum absolute atomic E-state index is 0.00639. The largest absolute Gasteiger partial charge is 0.504 e. The molecule has 0 radical (unpaired) electrons. The third kappa shape index (κ3) is 2.21. The molecular formula is C11H14O4. The molecule has 82 valence electrons. The molecule has 0 aromatic heterocycles. The minimum atomic E-state index is -1.11. The fourth-order valence-electron chi connectivity index (χ4n) is 1.34. The van der Waals surface area contributed by atoms with Crippen LogP contribution in [-0.2, 0) is 0 Å². The number of methoxy groups -OCH3 is 1. The molecule has 0 spiro atoms. The molecule has 1 aromatic carbocycles. The Morgan fingerprint density at radius 3 is 2.40 bits per heavy atom. The van der Waals surface area contributed by atoms with E-state index in [0.717, 1.165) is 5.56 Å². The molecule has 0 atom stereocenters. The molecule has 0 heterocycles. The summed E-state index contributed by atoms with van der Waals surface area (Å²) in [5.74, 6) is -1.09. The van der Waals surface area contributed by atoms with Gasteiger partial charge in [0.15, 0.2) is 11.5 Å². The molecule has 0 amide bonds. The van der Waals surface area contributed by atoms with Crippen molar-refractivity contribution in [2.45, 2.75) is 19.8 Å². The summed E-state index contributed by atoms with van der Waals surface area (Å²) in [6.45, 7) is 3.85. The van der Waals surface area contributed by atoms with Gasteiger partial charge in [-0.25, -0.2) is 4.79 Å². The Kier molecular flexibility index (Phi) is 3.19. The van der Waals surface area contributed by atoms with E-state index >= 15 is 0 Å². The molecule has 0 aliphatic heterocycles. The Hall–Kier alpha value is -1.71. The monoisotopic (exact) mass is 210 g/mol. The number of ether oxygens (including phenoxy) is 1. The lowest BCUT2D eigenvalue weighted by Gasteiger charge is -2.12. The molecule has 0 saturated carbocycles. The molecular weight excluding hydrogens is 196 g/mol. The first-order valence-corrected chi connectivity index (χ1v) is 4.61. The van der Waals surface area contributed by atoms with Crippen LogP contribution in [0.3, 0.4) is 0 Å². The van der Waals surface area contributed by atoms with Crippen LogP contribution in [0.5, 0.6) is 11.5 Å². The fourth-order valence-corrected chi connectivity index (χ4v) is 1.34. The highest BCUT2D eigenvalue weighted by molar-refractivity contribution is 5.92. The van der Waals surface area contributed by atoms with E-state index in [-0.39, 0.29) is 23.0 Å². The summed E-state index contributed by atoms with van der Waals surface area (Å²) in [7, 11) is 1.33. The van der Waals surface area contributed by atoms with E-state index in [0.29, 0.717) is 0 Å². The van der Waals surface area contributed by atoms with Crippen molar-refractivity contribution in [3.63, 3.8) is 0 Å². The summed E-state index contributed by atoms with van der Waals surface area (Å²) in [5.41, 5.74) is 0.756. The van der Waals surface area contributed by atoms with Crippen LogP contribution in [0.4, 0.5) is 0 Å². The number of benzene rings is 1. The normalized spacial score (nSPS) is 10.4. The lowest BCUT2D eigenvalue weighted by atomic mass is 9.99. The van der Waals surface area contributed by atoms with Crippen molar-refractivity contribution in [2.75, 3.05) is 7.11 Å². The van der Waals surface area contributed by atoms with E-state index in [1.807, 2.05) is 13.8 Å². The summed E-state index contributed by atoms with van der Waals surface area (Å²) in [5, 5.41) is 18.5. The summed E-state index contributed by atoms with van der Waals surface area (Å²) < 4.78 is 4.84. The zero-order valence-corrected chi connectivity index (χ0v) is 8.94. The maximum absolute atomic E-state index is 10.9. The van der Waals surface area contributed by atoms with Gasteiger partial charge in [-0.2, -0.15) is 0 Å². The highest BCUT2D eigenvalue weighted by atomic mass is 16.5. The predicted molar refractivity (Wildman–Crippen MR) is 55.7 cm³/mol. The standard InChI is InChI=1S/C11H14O4/c1-6(2)7-4-8(11(13)14)10(15-3)9(12)5-7/h4-6,12H,1-3H3,(H,13,14). The molecule has 2 N–H and O–H groups in total.